The van der Waals surface area contributed by atoms with Crippen molar-refractivity contribution >= 4 is 15.9 Å². The maximum absolute atomic E-state index is 11.2. The molecule has 0 radical (unpaired) electrons. The Balaban J connectivity index is 1.92. The average molecular weight is 231 g/mol. The maximum Gasteiger partial charge on any atom is 0.318 e. The van der Waals surface area contributed by atoms with Crippen molar-refractivity contribution in [3.05, 3.63) is 5.82 Å². The van der Waals surface area contributed by atoms with Crippen LogP contribution in [-0.2, 0) is 16.3 Å². The van der Waals surface area contributed by atoms with Crippen LogP contribution in [0.4, 0.5) is 6.01 Å². The van der Waals surface area contributed by atoms with Crippen molar-refractivity contribution in [1.82, 2.24) is 10.1 Å². The molecule has 0 aliphatic carbocycles. The molecule has 1 fully saturated rings. The molecule has 7 heteroatoms. The number of anilines is 1. The highest BCUT2D eigenvalue weighted by Crippen LogP contribution is 2.21. The molecule has 2 rings (SSSR count). The Labute approximate surface area is 87.8 Å². The average Bonchev–Trinajstić information content (AvgIpc) is 2.55. The first-order valence-electron chi connectivity index (χ1n) is 4.84. The number of hydrogen-bond acceptors (Lipinski definition) is 6. The van der Waals surface area contributed by atoms with Gasteiger partial charge in [0.1, 0.15) is 9.84 Å². The van der Waals surface area contributed by atoms with E-state index >= 15 is 0 Å². The second kappa shape index (κ2) is 3.80. The molecule has 0 amide bonds. The lowest BCUT2D eigenvalue weighted by Crippen LogP contribution is -2.24. The first-order chi connectivity index (χ1) is 7.05. The van der Waals surface area contributed by atoms with Gasteiger partial charge in [0.2, 0.25) is 0 Å². The summed E-state index contributed by atoms with van der Waals surface area (Å²) in [5.74, 6) is 1.43. The highest BCUT2D eigenvalue weighted by molar-refractivity contribution is 7.91. The molecule has 1 aliphatic heterocycles. The highest BCUT2D eigenvalue weighted by atomic mass is 32.2. The van der Waals surface area contributed by atoms with Crippen LogP contribution in [-0.4, -0.2) is 30.1 Å². The van der Waals surface area contributed by atoms with Gasteiger partial charge in [0.15, 0.2) is 5.82 Å². The Hall–Kier alpha value is -1.11. The quantitative estimate of drug-likeness (QED) is 0.770. The minimum atomic E-state index is -2.79. The molecule has 0 unspecified atom stereocenters. The van der Waals surface area contributed by atoms with E-state index in [-0.39, 0.29) is 17.5 Å². The molecule has 0 aromatic carbocycles. The number of nitrogens with two attached hydrogens (primary N) is 1. The summed E-state index contributed by atoms with van der Waals surface area (Å²) in [5.41, 5.74) is 5.29. The van der Waals surface area contributed by atoms with Crippen molar-refractivity contribution in [2.75, 3.05) is 17.2 Å². The van der Waals surface area contributed by atoms with Crippen LogP contribution in [0.25, 0.3) is 0 Å². The van der Waals surface area contributed by atoms with E-state index in [1.165, 1.54) is 0 Å². The Kier molecular flexibility index (Phi) is 2.64. The standard InChI is InChI=1S/C8H13N3O3S/c9-8-10-7(11-14-8)5-6-1-3-15(12,13)4-2-6/h6H,1-5H2,(H2,9,10,11). The van der Waals surface area contributed by atoms with Crippen molar-refractivity contribution in [2.45, 2.75) is 19.3 Å². The fourth-order valence-corrected chi connectivity index (χ4v) is 3.34. The topological polar surface area (TPSA) is 99.1 Å². The molecule has 1 aliphatic rings. The van der Waals surface area contributed by atoms with Gasteiger partial charge in [0.25, 0.3) is 0 Å². The SMILES string of the molecule is Nc1nc(CC2CCS(=O)(=O)CC2)no1. The monoisotopic (exact) mass is 231 g/mol. The zero-order valence-electron chi connectivity index (χ0n) is 8.22. The van der Waals surface area contributed by atoms with Gasteiger partial charge in [-0.1, -0.05) is 5.16 Å². The van der Waals surface area contributed by atoms with Crippen LogP contribution in [0, 0.1) is 5.92 Å². The first kappa shape index (κ1) is 10.4. The van der Waals surface area contributed by atoms with Crippen LogP contribution in [0.3, 0.4) is 0 Å². The van der Waals surface area contributed by atoms with Gasteiger partial charge in [-0.25, -0.2) is 8.42 Å². The van der Waals surface area contributed by atoms with E-state index in [0.717, 1.165) is 0 Å². The predicted molar refractivity (Wildman–Crippen MR) is 53.8 cm³/mol. The fraction of sp³-hybridized carbons (Fsp3) is 0.750. The molecule has 84 valence electrons. The molecule has 2 N–H and O–H groups in total. The van der Waals surface area contributed by atoms with Crippen LogP contribution >= 0.6 is 0 Å². The summed E-state index contributed by atoms with van der Waals surface area (Å²) in [6.45, 7) is 0. The molecule has 2 heterocycles. The van der Waals surface area contributed by atoms with E-state index in [2.05, 4.69) is 14.7 Å². The van der Waals surface area contributed by atoms with E-state index in [1.807, 2.05) is 0 Å². The van der Waals surface area contributed by atoms with Gasteiger partial charge in [0.05, 0.1) is 11.5 Å². The van der Waals surface area contributed by atoms with Crippen LogP contribution in [0.1, 0.15) is 18.7 Å². The van der Waals surface area contributed by atoms with Crippen LogP contribution in [0.2, 0.25) is 0 Å². The number of nitrogen functional groups attached to an aromatic ring is 1. The van der Waals surface area contributed by atoms with E-state index in [0.29, 0.717) is 31.0 Å². The van der Waals surface area contributed by atoms with Gasteiger partial charge >= 0.3 is 6.01 Å². The summed E-state index contributed by atoms with van der Waals surface area (Å²) >= 11 is 0. The number of sulfone groups is 1. The van der Waals surface area contributed by atoms with E-state index < -0.39 is 9.84 Å². The second-order valence-electron chi connectivity index (χ2n) is 3.85. The lowest BCUT2D eigenvalue weighted by atomic mass is 9.99. The summed E-state index contributed by atoms with van der Waals surface area (Å²) in [6, 6.07) is 0.0634. The number of hydrogen-bond donors (Lipinski definition) is 1. The molecule has 0 spiro atoms. The molecule has 15 heavy (non-hydrogen) atoms. The highest BCUT2D eigenvalue weighted by Gasteiger charge is 2.24. The minimum Gasteiger partial charge on any atom is -0.351 e. The van der Waals surface area contributed by atoms with Crippen LogP contribution in [0.15, 0.2) is 4.52 Å². The summed E-state index contributed by atoms with van der Waals surface area (Å²) in [6.07, 6.45) is 2.00. The van der Waals surface area contributed by atoms with Crippen LogP contribution in [0.5, 0.6) is 0 Å². The lowest BCUT2D eigenvalue weighted by molar-refractivity contribution is 0.406. The van der Waals surface area contributed by atoms with E-state index in [4.69, 9.17) is 5.73 Å². The number of rotatable bonds is 2. The molecule has 1 aromatic heterocycles. The molecular weight excluding hydrogens is 218 g/mol. The zero-order chi connectivity index (χ0) is 10.9. The molecule has 6 nitrogen and oxygen atoms in total. The Morgan fingerprint density at radius 1 is 1.40 bits per heavy atom. The summed E-state index contributed by atoms with van der Waals surface area (Å²) < 4.78 is 27.0. The molecule has 0 saturated carbocycles. The van der Waals surface area contributed by atoms with E-state index in [1.54, 1.807) is 0 Å². The molecule has 0 bridgehead atoms. The van der Waals surface area contributed by atoms with Crippen molar-refractivity contribution in [3.63, 3.8) is 0 Å². The number of aromatic nitrogens is 2. The third-order valence-electron chi connectivity index (χ3n) is 2.63. The van der Waals surface area contributed by atoms with Gasteiger partial charge < -0.3 is 10.3 Å². The van der Waals surface area contributed by atoms with Crippen molar-refractivity contribution in [3.8, 4) is 0 Å². The Morgan fingerprint density at radius 3 is 2.60 bits per heavy atom. The van der Waals surface area contributed by atoms with Gasteiger partial charge in [-0.15, -0.1) is 0 Å². The Bertz CT molecular complexity index is 426. The summed E-state index contributed by atoms with van der Waals surface area (Å²) in [5, 5.41) is 3.69. The number of nitrogens with zero attached hydrogens (tertiary/aromatic N) is 2. The molecule has 0 atom stereocenters. The van der Waals surface area contributed by atoms with Gasteiger partial charge in [0, 0.05) is 6.42 Å². The smallest absolute Gasteiger partial charge is 0.318 e. The van der Waals surface area contributed by atoms with Crippen molar-refractivity contribution < 1.29 is 12.9 Å². The maximum atomic E-state index is 11.2. The minimum absolute atomic E-state index is 0.0634. The predicted octanol–water partition coefficient (Wildman–Crippen LogP) is 0.0191. The third-order valence-corrected chi connectivity index (χ3v) is 4.34. The summed E-state index contributed by atoms with van der Waals surface area (Å²) in [7, 11) is -2.79. The second-order valence-corrected chi connectivity index (χ2v) is 6.15. The molecule has 1 aromatic rings. The molecule has 1 saturated heterocycles. The summed E-state index contributed by atoms with van der Waals surface area (Å²) in [4.78, 5) is 3.89. The molecular formula is C8H13N3O3S. The van der Waals surface area contributed by atoms with Gasteiger partial charge in [-0.3, -0.25) is 0 Å². The third kappa shape index (κ3) is 2.68. The lowest BCUT2D eigenvalue weighted by Gasteiger charge is -2.20. The van der Waals surface area contributed by atoms with E-state index in [9.17, 15) is 8.42 Å². The zero-order valence-corrected chi connectivity index (χ0v) is 9.03. The van der Waals surface area contributed by atoms with Gasteiger partial charge in [-0.05, 0) is 18.8 Å². The Morgan fingerprint density at radius 2 is 2.07 bits per heavy atom. The van der Waals surface area contributed by atoms with Crippen LogP contribution < -0.4 is 5.73 Å². The first-order valence-corrected chi connectivity index (χ1v) is 6.66. The van der Waals surface area contributed by atoms with Crippen molar-refractivity contribution in [2.24, 2.45) is 5.92 Å². The largest absolute Gasteiger partial charge is 0.351 e. The fourth-order valence-electron chi connectivity index (χ4n) is 1.75. The normalized spacial score (nSPS) is 21.6. The van der Waals surface area contributed by atoms with Crippen molar-refractivity contribution in [1.29, 1.82) is 0 Å². The van der Waals surface area contributed by atoms with Gasteiger partial charge in [-0.2, -0.15) is 4.98 Å².